The van der Waals surface area contributed by atoms with Crippen LogP contribution in [0.5, 0.6) is 0 Å². The largest absolute Gasteiger partial charge is 0.419 e. The van der Waals surface area contributed by atoms with Crippen LogP contribution in [0, 0.1) is 0 Å². The molecule has 0 N–H and O–H groups in total. The molecule has 1 fully saturated rings. The number of hydrogen-bond acceptors (Lipinski definition) is 6. The molecule has 4 aromatic rings. The molecule has 1 saturated heterocycles. The van der Waals surface area contributed by atoms with Crippen LogP contribution in [0.15, 0.2) is 82.1 Å². The number of rotatable bonds is 5. The summed E-state index contributed by atoms with van der Waals surface area (Å²) in [5, 5.41) is 10.2. The van der Waals surface area contributed by atoms with Crippen LogP contribution in [-0.4, -0.2) is 54.0 Å². The van der Waals surface area contributed by atoms with Gasteiger partial charge in [-0.3, -0.25) is 4.90 Å². The molecule has 8 heteroatoms. The molecule has 0 spiro atoms. The summed E-state index contributed by atoms with van der Waals surface area (Å²) in [5.41, 5.74) is 0.882. The van der Waals surface area contributed by atoms with Crippen LogP contribution < -0.4 is 0 Å². The average Bonchev–Trinajstić information content (AvgIpc) is 3.28. The first kappa shape index (κ1) is 19.9. The van der Waals surface area contributed by atoms with E-state index in [0.717, 1.165) is 16.3 Å². The van der Waals surface area contributed by atoms with Crippen molar-refractivity contribution in [3.05, 3.63) is 78.7 Å². The maximum atomic E-state index is 13.1. The molecular weight excluding hydrogens is 412 g/mol. The second-order valence-electron chi connectivity index (χ2n) is 7.56. The summed E-state index contributed by atoms with van der Waals surface area (Å²) >= 11 is 0. The van der Waals surface area contributed by atoms with Gasteiger partial charge in [-0.15, -0.1) is 10.2 Å². The standard InChI is InChI=1S/C23H22N4O3S/c28-31(29,21-11-10-18-6-4-5-9-20(18)16-21)27-14-12-26(13-15-27)17-22-24-25-23(30-22)19-7-2-1-3-8-19/h1-11,16H,12-15,17H2. The molecule has 0 radical (unpaired) electrons. The van der Waals surface area contributed by atoms with Gasteiger partial charge >= 0.3 is 0 Å². The fourth-order valence-corrected chi connectivity index (χ4v) is 5.27. The average molecular weight is 435 g/mol. The highest BCUT2D eigenvalue weighted by Crippen LogP contribution is 2.23. The van der Waals surface area contributed by atoms with E-state index in [1.807, 2.05) is 60.7 Å². The Labute approximate surface area is 181 Å². The Bertz CT molecular complexity index is 1300. The molecule has 158 valence electrons. The third-order valence-electron chi connectivity index (χ3n) is 5.54. The number of nitrogens with zero attached hydrogens (tertiary/aromatic N) is 4. The van der Waals surface area contributed by atoms with Gasteiger partial charge in [-0.25, -0.2) is 8.42 Å². The van der Waals surface area contributed by atoms with Crippen molar-refractivity contribution in [1.82, 2.24) is 19.4 Å². The Balaban J connectivity index is 1.24. The zero-order valence-electron chi connectivity index (χ0n) is 16.9. The molecule has 31 heavy (non-hydrogen) atoms. The quantitative estimate of drug-likeness (QED) is 0.479. The van der Waals surface area contributed by atoms with Crippen molar-refractivity contribution in [3.8, 4) is 11.5 Å². The summed E-state index contributed by atoms with van der Waals surface area (Å²) in [6.07, 6.45) is 0. The van der Waals surface area contributed by atoms with Crippen LogP contribution >= 0.6 is 0 Å². The summed E-state index contributed by atoms with van der Waals surface area (Å²) in [7, 11) is -3.53. The first-order chi connectivity index (χ1) is 15.1. The van der Waals surface area contributed by atoms with Crippen LogP contribution in [0.3, 0.4) is 0 Å². The smallest absolute Gasteiger partial charge is 0.247 e. The third-order valence-corrected chi connectivity index (χ3v) is 7.43. The van der Waals surface area contributed by atoms with Crippen LogP contribution in [0.1, 0.15) is 5.89 Å². The molecule has 7 nitrogen and oxygen atoms in total. The molecule has 3 aromatic carbocycles. The molecule has 0 aliphatic carbocycles. The van der Waals surface area contributed by atoms with Crippen molar-refractivity contribution in [1.29, 1.82) is 0 Å². The highest BCUT2D eigenvalue weighted by molar-refractivity contribution is 7.89. The first-order valence-electron chi connectivity index (χ1n) is 10.2. The summed E-state index contributed by atoms with van der Waals surface area (Å²) in [6.45, 7) is 2.57. The number of fused-ring (bicyclic) bond motifs is 1. The van der Waals surface area contributed by atoms with Gasteiger partial charge in [0.15, 0.2) is 0 Å². The van der Waals surface area contributed by atoms with E-state index in [0.29, 0.717) is 49.4 Å². The number of sulfonamides is 1. The normalized spacial score (nSPS) is 16.0. The predicted molar refractivity (Wildman–Crippen MR) is 118 cm³/mol. The Morgan fingerprint density at radius 2 is 1.52 bits per heavy atom. The molecule has 2 heterocycles. The van der Waals surface area contributed by atoms with Crippen molar-refractivity contribution >= 4 is 20.8 Å². The van der Waals surface area contributed by atoms with Gasteiger partial charge in [0, 0.05) is 31.7 Å². The van der Waals surface area contributed by atoms with Crippen LogP contribution in [0.2, 0.25) is 0 Å². The Morgan fingerprint density at radius 1 is 0.806 bits per heavy atom. The number of benzene rings is 3. The zero-order chi connectivity index (χ0) is 21.3. The fraction of sp³-hybridized carbons (Fsp3) is 0.217. The van der Waals surface area contributed by atoms with Gasteiger partial charge < -0.3 is 4.42 Å². The van der Waals surface area contributed by atoms with Crippen LogP contribution in [0.25, 0.3) is 22.2 Å². The van der Waals surface area contributed by atoms with Crippen molar-refractivity contribution < 1.29 is 12.8 Å². The maximum absolute atomic E-state index is 13.1. The molecule has 5 rings (SSSR count). The summed E-state index contributed by atoms with van der Waals surface area (Å²) in [5.74, 6) is 1.03. The lowest BCUT2D eigenvalue weighted by molar-refractivity contribution is 0.168. The van der Waals surface area contributed by atoms with Gasteiger partial charge in [-0.05, 0) is 35.0 Å². The second kappa shape index (κ2) is 8.22. The summed E-state index contributed by atoms with van der Waals surface area (Å²) in [6, 6.07) is 22.7. The number of hydrogen-bond donors (Lipinski definition) is 0. The van der Waals surface area contributed by atoms with E-state index < -0.39 is 10.0 Å². The molecule has 1 aliphatic rings. The Morgan fingerprint density at radius 3 is 2.29 bits per heavy atom. The van der Waals surface area contributed by atoms with Gasteiger partial charge in [0.05, 0.1) is 11.4 Å². The van der Waals surface area contributed by atoms with E-state index in [2.05, 4.69) is 15.1 Å². The highest BCUT2D eigenvalue weighted by atomic mass is 32.2. The number of aromatic nitrogens is 2. The Kier molecular flexibility index (Phi) is 5.27. The minimum absolute atomic E-state index is 0.337. The van der Waals surface area contributed by atoms with Crippen molar-refractivity contribution in [3.63, 3.8) is 0 Å². The van der Waals surface area contributed by atoms with E-state index in [-0.39, 0.29) is 0 Å². The predicted octanol–water partition coefficient (Wildman–Crippen LogP) is 3.40. The topological polar surface area (TPSA) is 79.5 Å². The van der Waals surface area contributed by atoms with Gasteiger partial charge in [0.1, 0.15) is 0 Å². The third kappa shape index (κ3) is 4.10. The molecule has 0 amide bonds. The van der Waals surface area contributed by atoms with Crippen LogP contribution in [0.4, 0.5) is 0 Å². The van der Waals surface area contributed by atoms with Gasteiger partial charge in [0.25, 0.3) is 0 Å². The van der Waals surface area contributed by atoms with Gasteiger partial charge in [-0.1, -0.05) is 48.5 Å². The highest BCUT2D eigenvalue weighted by Gasteiger charge is 2.29. The van der Waals surface area contributed by atoms with E-state index in [4.69, 9.17) is 4.42 Å². The van der Waals surface area contributed by atoms with Crippen LogP contribution in [-0.2, 0) is 16.6 Å². The summed E-state index contributed by atoms with van der Waals surface area (Å²) < 4.78 is 33.6. The molecule has 0 bridgehead atoms. The van der Waals surface area contributed by atoms with E-state index >= 15 is 0 Å². The van der Waals surface area contributed by atoms with Crippen molar-refractivity contribution in [2.75, 3.05) is 26.2 Å². The van der Waals surface area contributed by atoms with Gasteiger partial charge in [-0.2, -0.15) is 4.31 Å². The lowest BCUT2D eigenvalue weighted by Gasteiger charge is -2.33. The summed E-state index contributed by atoms with van der Waals surface area (Å²) in [4.78, 5) is 2.47. The monoisotopic (exact) mass is 434 g/mol. The van der Waals surface area contributed by atoms with E-state index in [9.17, 15) is 8.42 Å². The minimum Gasteiger partial charge on any atom is -0.419 e. The molecule has 0 saturated carbocycles. The van der Waals surface area contributed by atoms with E-state index in [1.54, 1.807) is 16.4 Å². The molecule has 0 atom stereocenters. The van der Waals surface area contributed by atoms with E-state index in [1.165, 1.54) is 0 Å². The van der Waals surface area contributed by atoms with Gasteiger partial charge in [0.2, 0.25) is 21.8 Å². The lowest BCUT2D eigenvalue weighted by atomic mass is 10.1. The fourth-order valence-electron chi connectivity index (χ4n) is 3.81. The SMILES string of the molecule is O=S(=O)(c1ccc2ccccc2c1)N1CCN(Cc2nnc(-c3ccccc3)o2)CC1. The lowest BCUT2D eigenvalue weighted by Crippen LogP contribution is -2.48. The maximum Gasteiger partial charge on any atom is 0.247 e. The first-order valence-corrected chi connectivity index (χ1v) is 11.6. The van der Waals surface area contributed by atoms with Crippen molar-refractivity contribution in [2.45, 2.75) is 11.4 Å². The molecular formula is C23H22N4O3S. The molecule has 0 unspecified atom stereocenters. The Hall–Kier alpha value is -3.07. The second-order valence-corrected chi connectivity index (χ2v) is 9.49. The zero-order valence-corrected chi connectivity index (χ0v) is 17.7. The molecule has 1 aliphatic heterocycles. The van der Waals surface area contributed by atoms with Crippen molar-refractivity contribution in [2.24, 2.45) is 0 Å². The molecule has 1 aromatic heterocycles. The number of piperazine rings is 1. The minimum atomic E-state index is -3.53.